The number of rotatable bonds is 10. The molecule has 3 aromatic rings. The van der Waals surface area contributed by atoms with Gasteiger partial charge in [-0.3, -0.25) is 4.79 Å². The van der Waals surface area contributed by atoms with Crippen LogP contribution in [0.1, 0.15) is 23.6 Å². The van der Waals surface area contributed by atoms with Gasteiger partial charge < -0.3 is 9.64 Å². The highest BCUT2D eigenvalue weighted by Gasteiger charge is 2.28. The Kier molecular flexibility index (Phi) is 8.41. The van der Waals surface area contributed by atoms with Gasteiger partial charge in [0.1, 0.15) is 11.6 Å². The summed E-state index contributed by atoms with van der Waals surface area (Å²) in [6.45, 7) is 3.78. The lowest BCUT2D eigenvalue weighted by Crippen LogP contribution is -2.41. The molecule has 0 spiro atoms. The zero-order valence-electron chi connectivity index (χ0n) is 19.6. The van der Waals surface area contributed by atoms with E-state index in [0.717, 1.165) is 9.87 Å². The van der Waals surface area contributed by atoms with Gasteiger partial charge >= 0.3 is 0 Å². The maximum Gasteiger partial charge on any atom is 0.243 e. The lowest BCUT2D eigenvalue weighted by molar-refractivity contribution is -0.130. The summed E-state index contributed by atoms with van der Waals surface area (Å²) < 4.78 is 47.9. The Bertz CT molecular complexity index is 1230. The van der Waals surface area contributed by atoms with Gasteiger partial charge in [-0.25, -0.2) is 12.8 Å². The molecular weight excluding hydrogens is 455 g/mol. The maximum atomic E-state index is 14.0. The van der Waals surface area contributed by atoms with E-state index < -0.39 is 21.7 Å². The number of hydrogen-bond acceptors (Lipinski definition) is 4. The van der Waals surface area contributed by atoms with Crippen molar-refractivity contribution in [2.24, 2.45) is 0 Å². The van der Waals surface area contributed by atoms with Gasteiger partial charge in [-0.05, 0) is 49.2 Å². The van der Waals surface area contributed by atoms with Crippen molar-refractivity contribution in [2.75, 3.05) is 20.2 Å². The molecule has 0 saturated carbocycles. The molecule has 180 valence electrons. The summed E-state index contributed by atoms with van der Waals surface area (Å²) in [6.07, 6.45) is 0. The molecule has 0 saturated heterocycles. The molecule has 0 aromatic heterocycles. The third-order valence-electron chi connectivity index (χ3n) is 5.39. The van der Waals surface area contributed by atoms with Gasteiger partial charge in [-0.15, -0.1) is 0 Å². The maximum absolute atomic E-state index is 14.0. The predicted octanol–water partition coefficient (Wildman–Crippen LogP) is 4.38. The van der Waals surface area contributed by atoms with E-state index in [1.165, 1.54) is 24.1 Å². The highest BCUT2D eigenvalue weighted by molar-refractivity contribution is 7.89. The molecule has 8 heteroatoms. The van der Waals surface area contributed by atoms with Gasteiger partial charge in [-0.2, -0.15) is 4.31 Å². The van der Waals surface area contributed by atoms with Crippen molar-refractivity contribution in [3.63, 3.8) is 0 Å². The SMILES string of the molecule is CCOc1ccc(S(=O)(=O)N(CC(=O)N(C)Cc2ccccc2F)Cc2ccccc2)cc1C. The van der Waals surface area contributed by atoms with Gasteiger partial charge in [-0.1, -0.05) is 48.5 Å². The van der Waals surface area contributed by atoms with Gasteiger partial charge in [0.15, 0.2) is 0 Å². The Morgan fingerprint density at radius 1 is 0.971 bits per heavy atom. The normalized spacial score (nSPS) is 11.4. The fourth-order valence-electron chi connectivity index (χ4n) is 3.50. The molecule has 6 nitrogen and oxygen atoms in total. The molecule has 0 radical (unpaired) electrons. The van der Waals surface area contributed by atoms with E-state index in [1.54, 1.807) is 49.4 Å². The van der Waals surface area contributed by atoms with Crippen molar-refractivity contribution < 1.29 is 22.3 Å². The van der Waals surface area contributed by atoms with Crippen LogP contribution in [0.25, 0.3) is 0 Å². The number of likely N-dealkylation sites (N-methyl/N-ethyl adjacent to an activating group) is 1. The quantitative estimate of drug-likeness (QED) is 0.428. The van der Waals surface area contributed by atoms with E-state index in [0.29, 0.717) is 23.5 Å². The van der Waals surface area contributed by atoms with Crippen LogP contribution < -0.4 is 4.74 Å². The fraction of sp³-hybridized carbons (Fsp3) is 0.269. The summed E-state index contributed by atoms with van der Waals surface area (Å²) in [5.41, 5.74) is 1.79. The average molecular weight is 485 g/mol. The highest BCUT2D eigenvalue weighted by Crippen LogP contribution is 2.25. The number of amides is 1. The summed E-state index contributed by atoms with van der Waals surface area (Å²) in [7, 11) is -2.48. The first-order valence-corrected chi connectivity index (χ1v) is 12.4. The van der Waals surface area contributed by atoms with E-state index >= 15 is 0 Å². The van der Waals surface area contributed by atoms with Crippen LogP contribution in [0, 0.1) is 12.7 Å². The third-order valence-corrected chi connectivity index (χ3v) is 7.18. The minimum absolute atomic E-state index is 0.0225. The predicted molar refractivity (Wildman–Crippen MR) is 129 cm³/mol. The molecular formula is C26H29FN2O4S. The van der Waals surface area contributed by atoms with Crippen LogP contribution in [0.3, 0.4) is 0 Å². The second-order valence-corrected chi connectivity index (χ2v) is 9.90. The summed E-state index contributed by atoms with van der Waals surface area (Å²) in [5, 5.41) is 0. The Balaban J connectivity index is 1.88. The second kappa shape index (κ2) is 11.3. The summed E-state index contributed by atoms with van der Waals surface area (Å²) in [4.78, 5) is 14.4. The number of nitrogens with zero attached hydrogens (tertiary/aromatic N) is 2. The van der Waals surface area contributed by atoms with Crippen LogP contribution >= 0.6 is 0 Å². The van der Waals surface area contributed by atoms with Crippen molar-refractivity contribution in [3.05, 3.63) is 95.3 Å². The first-order valence-electron chi connectivity index (χ1n) is 11.0. The number of sulfonamides is 1. The number of ether oxygens (including phenoxy) is 1. The zero-order chi connectivity index (χ0) is 24.7. The van der Waals surface area contributed by atoms with Crippen molar-refractivity contribution in [1.29, 1.82) is 0 Å². The lowest BCUT2D eigenvalue weighted by atomic mass is 10.2. The molecule has 3 rings (SSSR count). The molecule has 3 aromatic carbocycles. The number of benzene rings is 3. The van der Waals surface area contributed by atoms with Crippen LogP contribution in [-0.4, -0.2) is 43.7 Å². The smallest absolute Gasteiger partial charge is 0.243 e. The van der Waals surface area contributed by atoms with E-state index in [2.05, 4.69) is 0 Å². The molecule has 0 N–H and O–H groups in total. The van der Waals surface area contributed by atoms with Crippen molar-refractivity contribution in [1.82, 2.24) is 9.21 Å². The molecule has 0 aliphatic rings. The van der Waals surface area contributed by atoms with Crippen LogP contribution in [-0.2, 0) is 27.9 Å². The summed E-state index contributed by atoms with van der Waals surface area (Å²) >= 11 is 0. The first-order chi connectivity index (χ1) is 16.2. The first kappa shape index (κ1) is 25.4. The van der Waals surface area contributed by atoms with Crippen LogP contribution in [0.2, 0.25) is 0 Å². The standard InChI is InChI=1S/C26H29FN2O4S/c1-4-33-25-15-14-23(16-20(25)2)34(31,32)29(17-21-10-6-5-7-11-21)19-26(30)28(3)18-22-12-8-9-13-24(22)27/h5-16H,4,17-19H2,1-3H3. The Morgan fingerprint density at radius 2 is 1.65 bits per heavy atom. The van der Waals surface area contributed by atoms with Gasteiger partial charge in [0.2, 0.25) is 15.9 Å². The number of carbonyl (C=O) groups is 1. The number of carbonyl (C=O) groups excluding carboxylic acids is 1. The number of hydrogen-bond donors (Lipinski definition) is 0. The monoisotopic (exact) mass is 484 g/mol. The van der Waals surface area contributed by atoms with Gasteiger partial charge in [0, 0.05) is 25.7 Å². The fourth-order valence-corrected chi connectivity index (χ4v) is 4.97. The Hall–Kier alpha value is -3.23. The Morgan fingerprint density at radius 3 is 2.29 bits per heavy atom. The number of aryl methyl sites for hydroxylation is 1. The molecule has 0 unspecified atom stereocenters. The van der Waals surface area contributed by atoms with Crippen molar-refractivity contribution in [2.45, 2.75) is 31.8 Å². The van der Waals surface area contributed by atoms with Crippen molar-refractivity contribution >= 4 is 15.9 Å². The Labute approximate surface area is 200 Å². The van der Waals surface area contributed by atoms with Crippen molar-refractivity contribution in [3.8, 4) is 5.75 Å². The number of halogens is 1. The minimum Gasteiger partial charge on any atom is -0.494 e. The zero-order valence-corrected chi connectivity index (χ0v) is 20.4. The van der Waals surface area contributed by atoms with Crippen LogP contribution in [0.4, 0.5) is 4.39 Å². The van der Waals surface area contributed by atoms with E-state index in [-0.39, 0.29) is 24.5 Å². The third kappa shape index (κ3) is 6.21. The highest BCUT2D eigenvalue weighted by atomic mass is 32.2. The molecule has 0 aliphatic carbocycles. The van der Waals surface area contributed by atoms with E-state index in [9.17, 15) is 17.6 Å². The molecule has 34 heavy (non-hydrogen) atoms. The lowest BCUT2D eigenvalue weighted by Gasteiger charge is -2.25. The van der Waals surface area contributed by atoms with Crippen LogP contribution in [0.15, 0.2) is 77.7 Å². The van der Waals surface area contributed by atoms with Gasteiger partial charge in [0.25, 0.3) is 0 Å². The summed E-state index contributed by atoms with van der Waals surface area (Å²) in [6, 6.07) is 19.9. The van der Waals surface area contributed by atoms with E-state index in [4.69, 9.17) is 4.74 Å². The molecule has 0 bridgehead atoms. The minimum atomic E-state index is -4.01. The molecule has 0 fully saturated rings. The molecule has 0 aliphatic heterocycles. The topological polar surface area (TPSA) is 66.9 Å². The largest absolute Gasteiger partial charge is 0.494 e. The molecule has 0 atom stereocenters. The summed E-state index contributed by atoms with van der Waals surface area (Å²) in [5.74, 6) is -0.247. The van der Waals surface area contributed by atoms with Crippen LogP contribution in [0.5, 0.6) is 5.75 Å². The molecule has 0 heterocycles. The van der Waals surface area contributed by atoms with Gasteiger partial charge in [0.05, 0.1) is 18.0 Å². The van der Waals surface area contributed by atoms with E-state index in [1.807, 2.05) is 25.1 Å². The molecule has 1 amide bonds. The average Bonchev–Trinajstić information content (AvgIpc) is 2.82. The second-order valence-electron chi connectivity index (χ2n) is 7.96.